The molecule has 0 amide bonds. The summed E-state index contributed by atoms with van der Waals surface area (Å²) in [6, 6.07) is 0. The van der Waals surface area contributed by atoms with Gasteiger partial charge >= 0.3 is 0 Å². The van der Waals surface area contributed by atoms with Crippen LogP contribution in [0, 0.1) is 0 Å². The van der Waals surface area contributed by atoms with Crippen molar-refractivity contribution in [2.75, 3.05) is 13.1 Å². The lowest BCUT2D eigenvalue weighted by Crippen LogP contribution is -2.32. The summed E-state index contributed by atoms with van der Waals surface area (Å²) in [6.07, 6.45) is 10.5. The molecule has 0 rings (SSSR count). The number of hydrogen-bond acceptors (Lipinski definition) is 2. The van der Waals surface area contributed by atoms with Crippen LogP contribution in [0.4, 0.5) is 0 Å². The minimum absolute atomic E-state index is 1.08. The molecule has 0 aromatic carbocycles. The van der Waals surface area contributed by atoms with Gasteiger partial charge in [-0.15, -0.1) is 0 Å². The Bertz CT molecular complexity index is 92.5. The van der Waals surface area contributed by atoms with Crippen LogP contribution in [-0.4, -0.2) is 18.1 Å². The van der Waals surface area contributed by atoms with E-state index in [2.05, 4.69) is 13.8 Å². The van der Waals surface area contributed by atoms with Crippen molar-refractivity contribution in [1.29, 1.82) is 0 Å². The van der Waals surface area contributed by atoms with Crippen molar-refractivity contribution >= 4 is 0 Å². The molecule has 2 N–H and O–H groups in total. The largest absolute Gasteiger partial charge is 0.269 e. The third-order valence-corrected chi connectivity index (χ3v) is 2.60. The van der Waals surface area contributed by atoms with Gasteiger partial charge in [-0.05, 0) is 12.8 Å². The van der Waals surface area contributed by atoms with Gasteiger partial charge in [-0.1, -0.05) is 52.4 Å². The van der Waals surface area contributed by atoms with Gasteiger partial charge in [0.25, 0.3) is 0 Å². The fraction of sp³-hybridized carbons (Fsp3) is 1.00. The number of hydrazine groups is 1. The summed E-state index contributed by atoms with van der Waals surface area (Å²) < 4.78 is 0. The fourth-order valence-corrected chi connectivity index (χ4v) is 1.60. The minimum atomic E-state index is 1.08. The van der Waals surface area contributed by atoms with Gasteiger partial charge in [0.05, 0.1) is 0 Å². The standard InChI is InChI=1S/C12H28N2/c1-3-5-7-9-11-14(13)12-10-8-6-4-2/h3-13H2,1-2H3. The first-order valence-electron chi connectivity index (χ1n) is 6.30. The number of rotatable bonds is 10. The second kappa shape index (κ2) is 11.0. The first-order valence-corrected chi connectivity index (χ1v) is 6.30. The molecule has 0 bridgehead atoms. The molecule has 0 fully saturated rings. The summed E-state index contributed by atoms with van der Waals surface area (Å²) in [4.78, 5) is 0. The van der Waals surface area contributed by atoms with E-state index in [1.165, 1.54) is 51.4 Å². The third kappa shape index (κ3) is 10.0. The zero-order valence-electron chi connectivity index (χ0n) is 10.1. The van der Waals surface area contributed by atoms with E-state index in [0.29, 0.717) is 0 Å². The molecule has 0 atom stereocenters. The van der Waals surface area contributed by atoms with E-state index in [9.17, 15) is 0 Å². The Hall–Kier alpha value is -0.0800. The van der Waals surface area contributed by atoms with Crippen LogP contribution in [0.3, 0.4) is 0 Å². The SMILES string of the molecule is CCCCCCN(N)CCCCCC. The Kier molecular flexibility index (Phi) is 10.9. The summed E-state index contributed by atoms with van der Waals surface area (Å²) in [7, 11) is 0. The van der Waals surface area contributed by atoms with Crippen LogP contribution in [0.15, 0.2) is 0 Å². The summed E-state index contributed by atoms with van der Waals surface area (Å²) in [5.74, 6) is 5.87. The van der Waals surface area contributed by atoms with Crippen LogP contribution >= 0.6 is 0 Å². The lowest BCUT2D eigenvalue weighted by molar-refractivity contribution is 0.269. The highest BCUT2D eigenvalue weighted by Crippen LogP contribution is 2.02. The van der Waals surface area contributed by atoms with E-state index in [1.807, 2.05) is 5.01 Å². The smallest absolute Gasteiger partial charge is 0.0128 e. The van der Waals surface area contributed by atoms with Gasteiger partial charge < -0.3 is 0 Å². The predicted octanol–water partition coefficient (Wildman–Crippen LogP) is 3.32. The highest BCUT2D eigenvalue weighted by molar-refractivity contribution is 4.51. The van der Waals surface area contributed by atoms with Crippen molar-refractivity contribution in [3.05, 3.63) is 0 Å². The minimum Gasteiger partial charge on any atom is -0.269 e. The lowest BCUT2D eigenvalue weighted by Gasteiger charge is -2.15. The number of unbranched alkanes of at least 4 members (excludes halogenated alkanes) is 6. The molecule has 86 valence electrons. The Labute approximate surface area is 89.8 Å². The monoisotopic (exact) mass is 200 g/mol. The molecule has 0 aliphatic carbocycles. The molecule has 0 saturated heterocycles. The topological polar surface area (TPSA) is 29.3 Å². The van der Waals surface area contributed by atoms with Crippen LogP contribution in [0.5, 0.6) is 0 Å². The maximum atomic E-state index is 5.87. The van der Waals surface area contributed by atoms with Crippen molar-refractivity contribution in [3.8, 4) is 0 Å². The molecule has 0 unspecified atom stereocenters. The zero-order chi connectivity index (χ0) is 10.6. The van der Waals surface area contributed by atoms with Gasteiger partial charge in [0.2, 0.25) is 0 Å². The summed E-state index contributed by atoms with van der Waals surface area (Å²) in [5, 5.41) is 1.99. The average Bonchev–Trinajstić information content (AvgIpc) is 2.19. The van der Waals surface area contributed by atoms with Gasteiger partial charge in [-0.3, -0.25) is 5.84 Å². The Morgan fingerprint density at radius 1 is 0.714 bits per heavy atom. The first-order chi connectivity index (χ1) is 6.81. The summed E-state index contributed by atoms with van der Waals surface area (Å²) in [5.41, 5.74) is 0. The molecule has 0 saturated carbocycles. The van der Waals surface area contributed by atoms with Crippen molar-refractivity contribution < 1.29 is 0 Å². The lowest BCUT2D eigenvalue weighted by atomic mass is 10.2. The number of nitrogens with zero attached hydrogens (tertiary/aromatic N) is 1. The molecule has 0 aromatic rings. The van der Waals surface area contributed by atoms with Crippen LogP contribution in [0.1, 0.15) is 65.2 Å². The summed E-state index contributed by atoms with van der Waals surface area (Å²) in [6.45, 7) is 6.63. The van der Waals surface area contributed by atoms with Crippen LogP contribution < -0.4 is 5.84 Å². The quantitative estimate of drug-likeness (QED) is 0.333. The molecule has 14 heavy (non-hydrogen) atoms. The van der Waals surface area contributed by atoms with E-state index in [1.54, 1.807) is 0 Å². The van der Waals surface area contributed by atoms with Gasteiger partial charge in [-0.25, -0.2) is 5.01 Å². The Morgan fingerprint density at radius 3 is 1.50 bits per heavy atom. The van der Waals surface area contributed by atoms with Crippen LogP contribution in [0.25, 0.3) is 0 Å². The molecule has 0 spiro atoms. The predicted molar refractivity (Wildman–Crippen MR) is 64.0 cm³/mol. The van der Waals surface area contributed by atoms with Crippen molar-refractivity contribution in [3.63, 3.8) is 0 Å². The molecule has 2 nitrogen and oxygen atoms in total. The van der Waals surface area contributed by atoms with Crippen LogP contribution in [-0.2, 0) is 0 Å². The van der Waals surface area contributed by atoms with E-state index in [0.717, 1.165) is 13.1 Å². The second-order valence-electron chi connectivity index (χ2n) is 4.16. The molecule has 0 aliphatic heterocycles. The first kappa shape index (κ1) is 13.9. The number of hydrogen-bond donors (Lipinski definition) is 1. The van der Waals surface area contributed by atoms with Crippen molar-refractivity contribution in [1.82, 2.24) is 5.01 Å². The second-order valence-corrected chi connectivity index (χ2v) is 4.16. The van der Waals surface area contributed by atoms with Gasteiger partial charge in [0.15, 0.2) is 0 Å². The van der Waals surface area contributed by atoms with Gasteiger partial charge in [0.1, 0.15) is 0 Å². The maximum absolute atomic E-state index is 5.87. The molecular formula is C12H28N2. The fourth-order valence-electron chi connectivity index (χ4n) is 1.60. The Balaban J connectivity index is 3.07. The van der Waals surface area contributed by atoms with Gasteiger partial charge in [0, 0.05) is 13.1 Å². The maximum Gasteiger partial charge on any atom is 0.0128 e. The van der Waals surface area contributed by atoms with E-state index in [4.69, 9.17) is 5.84 Å². The third-order valence-electron chi connectivity index (χ3n) is 2.60. The molecule has 0 aromatic heterocycles. The normalized spacial score (nSPS) is 11.1. The highest BCUT2D eigenvalue weighted by atomic mass is 15.4. The van der Waals surface area contributed by atoms with Crippen molar-refractivity contribution in [2.24, 2.45) is 5.84 Å². The molecule has 0 radical (unpaired) electrons. The van der Waals surface area contributed by atoms with Gasteiger partial charge in [-0.2, -0.15) is 0 Å². The van der Waals surface area contributed by atoms with E-state index in [-0.39, 0.29) is 0 Å². The van der Waals surface area contributed by atoms with Crippen LogP contribution in [0.2, 0.25) is 0 Å². The highest BCUT2D eigenvalue weighted by Gasteiger charge is 1.97. The number of nitrogens with two attached hydrogens (primary N) is 1. The molecular weight excluding hydrogens is 172 g/mol. The Morgan fingerprint density at radius 2 is 1.14 bits per heavy atom. The molecule has 0 aliphatic rings. The van der Waals surface area contributed by atoms with Crippen molar-refractivity contribution in [2.45, 2.75) is 65.2 Å². The average molecular weight is 200 g/mol. The molecule has 0 heterocycles. The van der Waals surface area contributed by atoms with E-state index >= 15 is 0 Å². The molecule has 2 heteroatoms. The zero-order valence-corrected chi connectivity index (χ0v) is 10.1. The van der Waals surface area contributed by atoms with E-state index < -0.39 is 0 Å². The summed E-state index contributed by atoms with van der Waals surface area (Å²) >= 11 is 0.